The number of carbonyl (C=O) groups is 1. The molecule has 23 heavy (non-hydrogen) atoms. The molecule has 0 fully saturated rings. The van der Waals surface area contributed by atoms with Gasteiger partial charge in [0, 0.05) is 6.54 Å². The first-order chi connectivity index (χ1) is 11.0. The number of ether oxygens (including phenoxy) is 1. The second-order valence-electron chi connectivity index (χ2n) is 5.42. The summed E-state index contributed by atoms with van der Waals surface area (Å²) in [4.78, 5) is 12.1. The zero-order valence-corrected chi connectivity index (χ0v) is 13.3. The van der Waals surface area contributed by atoms with E-state index >= 15 is 0 Å². The highest BCUT2D eigenvalue weighted by Gasteiger charge is 2.17. The number of aliphatic hydroxyl groups is 1. The van der Waals surface area contributed by atoms with Crippen molar-refractivity contribution in [2.24, 2.45) is 5.73 Å². The molecule has 0 saturated heterocycles. The molecule has 1 amide bonds. The molecule has 2 aromatic rings. The lowest BCUT2D eigenvalue weighted by Crippen LogP contribution is -2.36. The van der Waals surface area contributed by atoms with Crippen molar-refractivity contribution in [3.8, 4) is 5.75 Å². The third-order valence-corrected chi connectivity index (χ3v) is 3.69. The number of benzene rings is 2. The first-order valence-electron chi connectivity index (χ1n) is 7.43. The van der Waals surface area contributed by atoms with E-state index in [0.29, 0.717) is 11.3 Å². The van der Waals surface area contributed by atoms with Crippen molar-refractivity contribution in [1.29, 1.82) is 0 Å². The molecule has 2 atom stereocenters. The molecular formula is C18H22N2O3. The summed E-state index contributed by atoms with van der Waals surface area (Å²) in [5, 5.41) is 12.8. The van der Waals surface area contributed by atoms with E-state index in [-0.39, 0.29) is 12.5 Å². The normalized spacial score (nSPS) is 13.2. The van der Waals surface area contributed by atoms with Gasteiger partial charge in [-0.2, -0.15) is 0 Å². The average molecular weight is 314 g/mol. The van der Waals surface area contributed by atoms with Gasteiger partial charge < -0.3 is 20.9 Å². The standard InChI is InChI=1S/C18H22N2O3/c1-12-3-5-14(6-4-12)17(19)18(22)20-11-16(21)13-7-9-15(23-2)10-8-13/h3-10,16-17,21H,11,19H2,1-2H3,(H,20,22). The Labute approximate surface area is 136 Å². The van der Waals surface area contributed by atoms with Crippen molar-refractivity contribution in [2.45, 2.75) is 19.1 Å². The number of amides is 1. The van der Waals surface area contributed by atoms with Gasteiger partial charge in [-0.15, -0.1) is 0 Å². The largest absolute Gasteiger partial charge is 0.497 e. The van der Waals surface area contributed by atoms with E-state index in [9.17, 15) is 9.90 Å². The highest BCUT2D eigenvalue weighted by Crippen LogP contribution is 2.17. The topological polar surface area (TPSA) is 84.6 Å². The van der Waals surface area contributed by atoms with Crippen LogP contribution in [0.1, 0.15) is 28.8 Å². The van der Waals surface area contributed by atoms with Crippen LogP contribution in [0.2, 0.25) is 0 Å². The van der Waals surface area contributed by atoms with Gasteiger partial charge in [-0.25, -0.2) is 0 Å². The summed E-state index contributed by atoms with van der Waals surface area (Å²) < 4.78 is 5.07. The van der Waals surface area contributed by atoms with Crippen molar-refractivity contribution >= 4 is 5.91 Å². The number of rotatable bonds is 6. The minimum absolute atomic E-state index is 0.102. The van der Waals surface area contributed by atoms with Crippen molar-refractivity contribution in [3.05, 3.63) is 65.2 Å². The van der Waals surface area contributed by atoms with E-state index < -0.39 is 12.1 Å². The van der Waals surface area contributed by atoms with Crippen LogP contribution in [0.15, 0.2) is 48.5 Å². The maximum absolute atomic E-state index is 12.1. The smallest absolute Gasteiger partial charge is 0.241 e. The fourth-order valence-electron chi connectivity index (χ4n) is 2.18. The molecular weight excluding hydrogens is 292 g/mol. The monoisotopic (exact) mass is 314 g/mol. The number of hydrogen-bond donors (Lipinski definition) is 3. The predicted molar refractivity (Wildman–Crippen MR) is 89.1 cm³/mol. The Bertz CT molecular complexity index is 638. The van der Waals surface area contributed by atoms with Crippen molar-refractivity contribution in [2.75, 3.05) is 13.7 Å². The van der Waals surface area contributed by atoms with E-state index in [1.807, 2.05) is 31.2 Å². The van der Waals surface area contributed by atoms with Crippen molar-refractivity contribution in [3.63, 3.8) is 0 Å². The second-order valence-corrected chi connectivity index (χ2v) is 5.42. The molecule has 0 bridgehead atoms. The van der Waals surface area contributed by atoms with E-state index in [4.69, 9.17) is 10.5 Å². The van der Waals surface area contributed by atoms with E-state index in [0.717, 1.165) is 11.1 Å². The summed E-state index contributed by atoms with van der Waals surface area (Å²) in [5.74, 6) is 0.396. The summed E-state index contributed by atoms with van der Waals surface area (Å²) in [5.41, 5.74) is 8.50. The molecule has 2 unspecified atom stereocenters. The molecule has 122 valence electrons. The third kappa shape index (κ3) is 4.55. The number of aliphatic hydroxyl groups excluding tert-OH is 1. The Balaban J connectivity index is 1.90. The van der Waals surface area contributed by atoms with Crippen LogP contribution in [0, 0.1) is 6.92 Å². The molecule has 0 aliphatic rings. The molecule has 0 spiro atoms. The lowest BCUT2D eigenvalue weighted by atomic mass is 10.0. The zero-order valence-electron chi connectivity index (χ0n) is 13.3. The van der Waals surface area contributed by atoms with Crippen LogP contribution in [-0.2, 0) is 4.79 Å². The molecule has 0 aliphatic carbocycles. The second kappa shape index (κ2) is 7.76. The minimum Gasteiger partial charge on any atom is -0.497 e. The van der Waals surface area contributed by atoms with Crippen LogP contribution < -0.4 is 15.8 Å². The molecule has 4 N–H and O–H groups in total. The Hall–Kier alpha value is -2.37. The zero-order chi connectivity index (χ0) is 16.8. The summed E-state index contributed by atoms with van der Waals surface area (Å²) in [6, 6.07) is 13.8. The summed E-state index contributed by atoms with van der Waals surface area (Å²) in [7, 11) is 1.58. The van der Waals surface area contributed by atoms with Gasteiger partial charge in [-0.3, -0.25) is 4.79 Å². The van der Waals surface area contributed by atoms with Gasteiger partial charge in [0.2, 0.25) is 5.91 Å². The number of hydrogen-bond acceptors (Lipinski definition) is 4. The molecule has 5 heteroatoms. The summed E-state index contributed by atoms with van der Waals surface area (Å²) >= 11 is 0. The maximum atomic E-state index is 12.1. The third-order valence-electron chi connectivity index (χ3n) is 3.69. The minimum atomic E-state index is -0.796. The predicted octanol–water partition coefficient (Wildman–Crippen LogP) is 1.85. The van der Waals surface area contributed by atoms with Crippen LogP contribution in [0.4, 0.5) is 0 Å². The van der Waals surface area contributed by atoms with E-state index in [1.165, 1.54) is 0 Å². The van der Waals surface area contributed by atoms with E-state index in [2.05, 4.69) is 5.32 Å². The van der Waals surface area contributed by atoms with Gasteiger partial charge in [-0.1, -0.05) is 42.0 Å². The molecule has 0 aliphatic heterocycles. The molecule has 0 radical (unpaired) electrons. The Morgan fingerprint density at radius 2 is 1.70 bits per heavy atom. The Morgan fingerprint density at radius 1 is 1.13 bits per heavy atom. The number of aryl methyl sites for hydroxylation is 1. The van der Waals surface area contributed by atoms with Crippen molar-refractivity contribution < 1.29 is 14.6 Å². The van der Waals surface area contributed by atoms with Gasteiger partial charge in [0.05, 0.1) is 13.2 Å². The van der Waals surface area contributed by atoms with Gasteiger partial charge in [0.25, 0.3) is 0 Å². The average Bonchev–Trinajstić information content (AvgIpc) is 2.59. The molecule has 2 aromatic carbocycles. The van der Waals surface area contributed by atoms with Crippen molar-refractivity contribution in [1.82, 2.24) is 5.32 Å². The van der Waals surface area contributed by atoms with Crippen LogP contribution in [0.25, 0.3) is 0 Å². The number of carbonyl (C=O) groups excluding carboxylic acids is 1. The lowest BCUT2D eigenvalue weighted by Gasteiger charge is -2.16. The van der Waals surface area contributed by atoms with Crippen LogP contribution >= 0.6 is 0 Å². The molecule has 5 nitrogen and oxygen atoms in total. The molecule has 0 aromatic heterocycles. The number of nitrogens with two attached hydrogens (primary N) is 1. The van der Waals surface area contributed by atoms with Crippen LogP contribution in [0.3, 0.4) is 0 Å². The van der Waals surface area contributed by atoms with Gasteiger partial charge in [0.15, 0.2) is 0 Å². The molecule has 0 heterocycles. The summed E-state index contributed by atoms with van der Waals surface area (Å²) in [6.07, 6.45) is -0.796. The Morgan fingerprint density at radius 3 is 2.26 bits per heavy atom. The van der Waals surface area contributed by atoms with Gasteiger partial charge >= 0.3 is 0 Å². The summed E-state index contributed by atoms with van der Waals surface area (Å²) in [6.45, 7) is 2.07. The first-order valence-corrected chi connectivity index (χ1v) is 7.43. The SMILES string of the molecule is COc1ccc(C(O)CNC(=O)C(N)c2ccc(C)cc2)cc1. The lowest BCUT2D eigenvalue weighted by molar-refractivity contribution is -0.122. The van der Waals surface area contributed by atoms with Crippen LogP contribution in [-0.4, -0.2) is 24.7 Å². The van der Waals surface area contributed by atoms with E-state index in [1.54, 1.807) is 31.4 Å². The maximum Gasteiger partial charge on any atom is 0.241 e. The first kappa shape index (κ1) is 17.0. The quantitative estimate of drug-likeness (QED) is 0.760. The fraction of sp³-hybridized carbons (Fsp3) is 0.278. The number of methoxy groups -OCH3 is 1. The fourth-order valence-corrected chi connectivity index (χ4v) is 2.18. The van der Waals surface area contributed by atoms with Gasteiger partial charge in [0.1, 0.15) is 11.8 Å². The van der Waals surface area contributed by atoms with Crippen LogP contribution in [0.5, 0.6) is 5.75 Å². The highest BCUT2D eigenvalue weighted by atomic mass is 16.5. The number of nitrogens with one attached hydrogen (secondary N) is 1. The molecule has 2 rings (SSSR count). The Kier molecular flexibility index (Phi) is 5.73. The van der Waals surface area contributed by atoms with Gasteiger partial charge in [-0.05, 0) is 30.2 Å². The highest BCUT2D eigenvalue weighted by molar-refractivity contribution is 5.82. The molecule has 0 saturated carbocycles.